The fraction of sp³-hybridized carbons (Fsp3) is 0.167. The van der Waals surface area contributed by atoms with Gasteiger partial charge in [0.05, 0.1) is 11.6 Å². The normalized spacial score (nSPS) is 10.4. The number of nitrogens with one attached hydrogen (secondary N) is 1. The summed E-state index contributed by atoms with van der Waals surface area (Å²) in [6.45, 7) is 4.19. The Bertz CT molecular complexity index is 896. The predicted octanol–water partition coefficient (Wildman–Crippen LogP) is 5.06. The van der Waals surface area contributed by atoms with Crippen molar-refractivity contribution in [2.24, 2.45) is 0 Å². The highest BCUT2D eigenvalue weighted by Crippen LogP contribution is 2.30. The summed E-state index contributed by atoms with van der Waals surface area (Å²) < 4.78 is 0.906. The summed E-state index contributed by atoms with van der Waals surface area (Å²) in [5.41, 5.74) is 5.33. The van der Waals surface area contributed by atoms with Crippen LogP contribution in [0.5, 0.6) is 0 Å². The van der Waals surface area contributed by atoms with E-state index in [0.29, 0.717) is 5.56 Å². The number of benzene rings is 2. The molecule has 24 heavy (non-hydrogen) atoms. The summed E-state index contributed by atoms with van der Waals surface area (Å²) in [5, 5.41) is 21.4. The van der Waals surface area contributed by atoms with Gasteiger partial charge in [-0.15, -0.1) is 10.2 Å². The molecule has 0 amide bonds. The standard InChI is InChI=1S/C18H16N4S2/c1-12-6-7-16(8-13(12)2)20-17-21-22-18(24-17)23-11-15-5-3-4-14(9-15)10-19/h3-9H,11H2,1-2H3,(H,20,21). The number of nitrogens with zero attached hydrogens (tertiary/aromatic N) is 3. The average molecular weight is 352 g/mol. The second kappa shape index (κ2) is 7.47. The lowest BCUT2D eigenvalue weighted by Gasteiger charge is -2.05. The molecule has 0 bridgehead atoms. The number of nitriles is 1. The molecule has 0 atom stereocenters. The second-order valence-corrected chi connectivity index (χ2v) is 7.60. The van der Waals surface area contributed by atoms with E-state index in [1.54, 1.807) is 11.8 Å². The summed E-state index contributed by atoms with van der Waals surface area (Å²) in [4.78, 5) is 0. The van der Waals surface area contributed by atoms with Crippen molar-refractivity contribution in [3.63, 3.8) is 0 Å². The number of aromatic nitrogens is 2. The number of anilines is 2. The second-order valence-electron chi connectivity index (χ2n) is 5.40. The molecule has 0 unspecified atom stereocenters. The van der Waals surface area contributed by atoms with Crippen LogP contribution in [0.25, 0.3) is 0 Å². The molecule has 0 radical (unpaired) electrons. The van der Waals surface area contributed by atoms with E-state index in [1.807, 2.05) is 30.3 Å². The van der Waals surface area contributed by atoms with E-state index >= 15 is 0 Å². The van der Waals surface area contributed by atoms with E-state index in [9.17, 15) is 0 Å². The zero-order valence-electron chi connectivity index (χ0n) is 13.4. The molecule has 6 heteroatoms. The molecule has 0 fully saturated rings. The van der Waals surface area contributed by atoms with Gasteiger partial charge in [0.1, 0.15) is 0 Å². The van der Waals surface area contributed by atoms with E-state index in [2.05, 4.69) is 47.6 Å². The predicted molar refractivity (Wildman–Crippen MR) is 99.8 cm³/mol. The van der Waals surface area contributed by atoms with Gasteiger partial charge >= 0.3 is 0 Å². The summed E-state index contributed by atoms with van der Waals surface area (Å²) in [5.74, 6) is 0.772. The third kappa shape index (κ3) is 4.13. The minimum Gasteiger partial charge on any atom is -0.330 e. The summed E-state index contributed by atoms with van der Waals surface area (Å²) in [7, 11) is 0. The van der Waals surface area contributed by atoms with Gasteiger partial charge in [0.15, 0.2) is 4.34 Å². The molecule has 0 spiro atoms. The van der Waals surface area contributed by atoms with Gasteiger partial charge in [0.25, 0.3) is 0 Å². The summed E-state index contributed by atoms with van der Waals surface area (Å²) in [6, 6.07) is 16.0. The van der Waals surface area contributed by atoms with Crippen molar-refractivity contribution < 1.29 is 0 Å². The number of hydrogen-bond donors (Lipinski definition) is 1. The van der Waals surface area contributed by atoms with Gasteiger partial charge in [0, 0.05) is 11.4 Å². The van der Waals surface area contributed by atoms with Crippen LogP contribution in [0.15, 0.2) is 46.8 Å². The number of aryl methyl sites for hydroxylation is 2. The zero-order chi connectivity index (χ0) is 16.9. The molecule has 0 aliphatic rings. The number of thioether (sulfide) groups is 1. The molecule has 0 aliphatic heterocycles. The van der Waals surface area contributed by atoms with Crippen LogP contribution in [-0.4, -0.2) is 10.2 Å². The molecule has 1 heterocycles. The quantitative estimate of drug-likeness (QED) is 0.650. The van der Waals surface area contributed by atoms with Gasteiger partial charge in [-0.1, -0.05) is 41.3 Å². The van der Waals surface area contributed by atoms with Crippen LogP contribution >= 0.6 is 23.1 Å². The molecule has 0 saturated heterocycles. The Kier molecular flexibility index (Phi) is 5.14. The Morgan fingerprint density at radius 3 is 2.79 bits per heavy atom. The van der Waals surface area contributed by atoms with Crippen molar-refractivity contribution >= 4 is 33.9 Å². The molecular weight excluding hydrogens is 336 g/mol. The average Bonchev–Trinajstić information content (AvgIpc) is 3.04. The van der Waals surface area contributed by atoms with Gasteiger partial charge in [-0.25, -0.2) is 0 Å². The molecule has 0 aliphatic carbocycles. The fourth-order valence-electron chi connectivity index (χ4n) is 2.14. The largest absolute Gasteiger partial charge is 0.330 e. The van der Waals surface area contributed by atoms with Gasteiger partial charge < -0.3 is 5.32 Å². The van der Waals surface area contributed by atoms with Crippen molar-refractivity contribution in [2.45, 2.75) is 23.9 Å². The van der Waals surface area contributed by atoms with E-state index in [-0.39, 0.29) is 0 Å². The topological polar surface area (TPSA) is 61.6 Å². The van der Waals surface area contributed by atoms with Crippen molar-refractivity contribution in [1.82, 2.24) is 10.2 Å². The maximum Gasteiger partial charge on any atom is 0.210 e. The Labute approximate surface area is 149 Å². The Hall–Kier alpha value is -2.36. The minimum absolute atomic E-state index is 0.683. The third-order valence-corrected chi connectivity index (χ3v) is 5.63. The highest BCUT2D eigenvalue weighted by Gasteiger charge is 2.06. The summed E-state index contributed by atoms with van der Waals surface area (Å²) in [6.07, 6.45) is 0. The minimum atomic E-state index is 0.683. The van der Waals surface area contributed by atoms with Crippen molar-refractivity contribution in [2.75, 3.05) is 5.32 Å². The van der Waals surface area contributed by atoms with Crippen molar-refractivity contribution in [1.29, 1.82) is 5.26 Å². The smallest absolute Gasteiger partial charge is 0.210 e. The summed E-state index contributed by atoms with van der Waals surface area (Å²) >= 11 is 3.16. The monoisotopic (exact) mass is 352 g/mol. The van der Waals surface area contributed by atoms with Crippen molar-refractivity contribution in [3.8, 4) is 6.07 Å². The maximum absolute atomic E-state index is 8.94. The van der Waals surface area contributed by atoms with Crippen LogP contribution in [0.1, 0.15) is 22.3 Å². The third-order valence-electron chi connectivity index (χ3n) is 3.58. The van der Waals surface area contributed by atoms with Crippen LogP contribution < -0.4 is 5.32 Å². The molecular formula is C18H16N4S2. The molecule has 2 aromatic carbocycles. The Morgan fingerprint density at radius 1 is 1.12 bits per heavy atom. The number of rotatable bonds is 5. The molecule has 4 nitrogen and oxygen atoms in total. The van der Waals surface area contributed by atoms with Gasteiger partial charge in [0.2, 0.25) is 5.13 Å². The van der Waals surface area contributed by atoms with Crippen LogP contribution in [0.4, 0.5) is 10.8 Å². The highest BCUT2D eigenvalue weighted by atomic mass is 32.2. The first-order valence-corrected chi connectivity index (χ1v) is 9.24. The molecule has 1 N–H and O–H groups in total. The lowest BCUT2D eigenvalue weighted by atomic mass is 10.1. The van der Waals surface area contributed by atoms with Crippen molar-refractivity contribution in [3.05, 3.63) is 64.7 Å². The first-order valence-electron chi connectivity index (χ1n) is 7.43. The highest BCUT2D eigenvalue weighted by molar-refractivity contribution is 8.00. The zero-order valence-corrected chi connectivity index (χ0v) is 15.0. The van der Waals surface area contributed by atoms with Crippen LogP contribution in [0.3, 0.4) is 0 Å². The maximum atomic E-state index is 8.94. The SMILES string of the molecule is Cc1ccc(Nc2nnc(SCc3cccc(C#N)c3)s2)cc1C. The molecule has 120 valence electrons. The van der Waals surface area contributed by atoms with E-state index in [0.717, 1.165) is 26.5 Å². The van der Waals surface area contributed by atoms with E-state index in [4.69, 9.17) is 5.26 Å². The Morgan fingerprint density at radius 2 is 2.00 bits per heavy atom. The van der Waals surface area contributed by atoms with Gasteiger partial charge in [-0.3, -0.25) is 0 Å². The lowest BCUT2D eigenvalue weighted by molar-refractivity contribution is 1.01. The van der Waals surface area contributed by atoms with Gasteiger partial charge in [-0.2, -0.15) is 5.26 Å². The van der Waals surface area contributed by atoms with Crippen LogP contribution in [0, 0.1) is 25.2 Å². The lowest BCUT2D eigenvalue weighted by Crippen LogP contribution is -1.91. The molecule has 3 rings (SSSR count). The molecule has 3 aromatic rings. The molecule has 1 aromatic heterocycles. The number of hydrogen-bond acceptors (Lipinski definition) is 6. The van der Waals surface area contributed by atoms with Crippen LogP contribution in [-0.2, 0) is 5.75 Å². The molecule has 0 saturated carbocycles. The van der Waals surface area contributed by atoms with E-state index < -0.39 is 0 Å². The van der Waals surface area contributed by atoms with E-state index in [1.165, 1.54) is 22.5 Å². The fourth-order valence-corrected chi connectivity index (χ4v) is 3.85. The first kappa shape index (κ1) is 16.5. The first-order chi connectivity index (χ1) is 11.6. The van der Waals surface area contributed by atoms with Gasteiger partial charge in [-0.05, 0) is 54.8 Å². The Balaban J connectivity index is 1.63. The van der Waals surface area contributed by atoms with Crippen LogP contribution in [0.2, 0.25) is 0 Å².